The first-order valence-electron chi connectivity index (χ1n) is 9.77. The summed E-state index contributed by atoms with van der Waals surface area (Å²) in [5, 5.41) is 4.74. The highest BCUT2D eigenvalue weighted by molar-refractivity contribution is 7.19. The summed E-state index contributed by atoms with van der Waals surface area (Å²) in [5.41, 5.74) is 7.66. The topological polar surface area (TPSA) is 84.1 Å². The third-order valence-corrected chi connectivity index (χ3v) is 6.57. The van der Waals surface area contributed by atoms with Gasteiger partial charge in [-0.25, -0.2) is 14.4 Å². The van der Waals surface area contributed by atoms with Crippen molar-refractivity contribution in [3.05, 3.63) is 65.0 Å². The van der Waals surface area contributed by atoms with E-state index in [4.69, 9.17) is 5.73 Å². The number of piperazine rings is 1. The fourth-order valence-corrected chi connectivity index (χ4v) is 5.05. The molecule has 4 aromatic rings. The van der Waals surface area contributed by atoms with Crippen LogP contribution in [0, 0.1) is 5.82 Å². The zero-order valence-electron chi connectivity index (χ0n) is 16.1. The third-order valence-electron chi connectivity index (χ3n) is 5.45. The van der Waals surface area contributed by atoms with Gasteiger partial charge in [0.15, 0.2) is 0 Å². The summed E-state index contributed by atoms with van der Waals surface area (Å²) in [6, 6.07) is 12.4. The zero-order chi connectivity index (χ0) is 20.7. The first-order chi connectivity index (χ1) is 14.6. The second kappa shape index (κ2) is 7.62. The van der Waals surface area contributed by atoms with E-state index >= 15 is 0 Å². The van der Waals surface area contributed by atoms with Crippen molar-refractivity contribution < 1.29 is 9.18 Å². The number of hydrogen-bond acceptors (Lipinski definition) is 6. The lowest BCUT2D eigenvalue weighted by Crippen LogP contribution is -2.55. The maximum absolute atomic E-state index is 14.0. The molecule has 1 unspecified atom stereocenters. The Labute approximate surface area is 176 Å². The molecule has 5 rings (SSSR count). The van der Waals surface area contributed by atoms with Gasteiger partial charge in [-0.15, -0.1) is 11.3 Å². The van der Waals surface area contributed by atoms with Crippen molar-refractivity contribution >= 4 is 44.1 Å². The average molecular weight is 422 g/mol. The number of hydrogen-bond donors (Lipinski definition) is 2. The molecule has 152 valence electrons. The van der Waals surface area contributed by atoms with Crippen molar-refractivity contribution in [3.8, 4) is 0 Å². The van der Waals surface area contributed by atoms with Crippen LogP contribution in [0.25, 0.3) is 21.0 Å². The van der Waals surface area contributed by atoms with Gasteiger partial charge in [0.05, 0.1) is 11.6 Å². The summed E-state index contributed by atoms with van der Waals surface area (Å²) < 4.78 is 14.9. The number of nitrogens with one attached hydrogen (secondary N) is 1. The lowest BCUT2D eigenvalue weighted by atomic mass is 10.1. The molecule has 1 fully saturated rings. The number of carbonyl (C=O) groups is 1. The monoisotopic (exact) mass is 421 g/mol. The van der Waals surface area contributed by atoms with Crippen molar-refractivity contribution in [3.63, 3.8) is 0 Å². The fraction of sp³-hybridized carbons (Fsp3) is 0.227. The van der Waals surface area contributed by atoms with Gasteiger partial charge >= 0.3 is 0 Å². The molecule has 1 amide bonds. The van der Waals surface area contributed by atoms with E-state index in [0.717, 1.165) is 32.6 Å². The van der Waals surface area contributed by atoms with Crippen LogP contribution in [0.4, 0.5) is 10.2 Å². The minimum Gasteiger partial charge on any atom is -0.383 e. The molecule has 1 atom stereocenters. The highest BCUT2D eigenvalue weighted by Crippen LogP contribution is 2.29. The van der Waals surface area contributed by atoms with Crippen LogP contribution >= 0.6 is 11.3 Å². The van der Waals surface area contributed by atoms with E-state index in [2.05, 4.69) is 15.3 Å². The molecule has 6 nitrogen and oxygen atoms in total. The number of anilines is 1. The number of nitrogens with zero attached hydrogens (tertiary/aromatic N) is 3. The molecular weight excluding hydrogens is 401 g/mol. The van der Waals surface area contributed by atoms with Crippen LogP contribution in [0.2, 0.25) is 0 Å². The molecule has 0 radical (unpaired) electrons. The van der Waals surface area contributed by atoms with E-state index in [-0.39, 0.29) is 17.8 Å². The average Bonchev–Trinajstić information content (AvgIpc) is 3.15. The van der Waals surface area contributed by atoms with Crippen LogP contribution in [0.1, 0.15) is 10.4 Å². The Hall–Kier alpha value is -3.10. The van der Waals surface area contributed by atoms with Gasteiger partial charge in [0, 0.05) is 46.4 Å². The molecule has 3 heterocycles. The van der Waals surface area contributed by atoms with Crippen LogP contribution in [0.3, 0.4) is 0 Å². The largest absolute Gasteiger partial charge is 0.383 e. The SMILES string of the molecule is Nc1ncnc2cc(CN3CCNC(Cc4cc5c(F)cccc5s4)C3=O)ccc12. The molecule has 0 aliphatic carbocycles. The standard InChI is InChI=1S/C22H20FN5OS/c23-17-2-1-3-20-16(17)9-14(30-20)10-19-22(29)28(7-6-25-19)11-13-4-5-15-18(8-13)26-12-27-21(15)24/h1-5,8-9,12,19,25H,6-7,10-11H2,(H2,24,26,27). The second-order valence-electron chi connectivity index (χ2n) is 7.45. The first kappa shape index (κ1) is 18.9. The predicted molar refractivity (Wildman–Crippen MR) is 117 cm³/mol. The molecule has 2 aromatic heterocycles. The van der Waals surface area contributed by atoms with Gasteiger partial charge in [0.25, 0.3) is 0 Å². The van der Waals surface area contributed by atoms with E-state index in [1.54, 1.807) is 6.07 Å². The molecule has 1 aliphatic heterocycles. The molecule has 1 aliphatic rings. The highest BCUT2D eigenvalue weighted by atomic mass is 32.1. The summed E-state index contributed by atoms with van der Waals surface area (Å²) in [5.74, 6) is 0.284. The Bertz CT molecular complexity index is 1260. The molecule has 2 aromatic carbocycles. The molecule has 30 heavy (non-hydrogen) atoms. The number of thiophene rings is 1. The van der Waals surface area contributed by atoms with Crippen molar-refractivity contribution in [1.82, 2.24) is 20.2 Å². The van der Waals surface area contributed by atoms with E-state index in [1.165, 1.54) is 23.7 Å². The van der Waals surface area contributed by atoms with Gasteiger partial charge in [-0.1, -0.05) is 12.1 Å². The molecule has 0 saturated carbocycles. The number of nitrogen functional groups attached to an aromatic ring is 1. The Kier molecular flexibility index (Phi) is 4.80. The molecule has 1 saturated heterocycles. The van der Waals surface area contributed by atoms with Crippen molar-refractivity contribution in [2.24, 2.45) is 0 Å². The molecule has 0 spiro atoms. The summed E-state index contributed by atoms with van der Waals surface area (Å²) >= 11 is 1.54. The van der Waals surface area contributed by atoms with Crippen LogP contribution < -0.4 is 11.1 Å². The number of amides is 1. The Morgan fingerprint density at radius 3 is 2.97 bits per heavy atom. The smallest absolute Gasteiger partial charge is 0.240 e. The number of nitrogens with two attached hydrogens (primary N) is 1. The van der Waals surface area contributed by atoms with Crippen LogP contribution in [0.15, 0.2) is 48.8 Å². The fourth-order valence-electron chi connectivity index (χ4n) is 3.93. The second-order valence-corrected chi connectivity index (χ2v) is 8.61. The minimum atomic E-state index is -0.312. The van der Waals surface area contributed by atoms with Crippen LogP contribution in [-0.4, -0.2) is 39.9 Å². The minimum absolute atomic E-state index is 0.0569. The van der Waals surface area contributed by atoms with Crippen LogP contribution in [0.5, 0.6) is 0 Å². The zero-order valence-corrected chi connectivity index (χ0v) is 17.0. The lowest BCUT2D eigenvalue weighted by Gasteiger charge is -2.33. The normalized spacial score (nSPS) is 17.2. The summed E-state index contributed by atoms with van der Waals surface area (Å²) in [6.07, 6.45) is 2.00. The summed E-state index contributed by atoms with van der Waals surface area (Å²) in [6.45, 7) is 1.87. The van der Waals surface area contributed by atoms with Gasteiger partial charge in [-0.05, 0) is 35.9 Å². The third kappa shape index (κ3) is 3.48. The van der Waals surface area contributed by atoms with E-state index in [9.17, 15) is 9.18 Å². The van der Waals surface area contributed by atoms with Gasteiger partial charge < -0.3 is 16.0 Å². The number of halogens is 1. The summed E-state index contributed by atoms with van der Waals surface area (Å²) in [4.78, 5) is 24.2. The number of fused-ring (bicyclic) bond motifs is 2. The Morgan fingerprint density at radius 1 is 1.20 bits per heavy atom. The first-order valence-corrected chi connectivity index (χ1v) is 10.6. The molecule has 3 N–H and O–H groups in total. The maximum atomic E-state index is 14.0. The van der Waals surface area contributed by atoms with Gasteiger partial charge in [-0.3, -0.25) is 4.79 Å². The number of carbonyl (C=O) groups excluding carboxylic acids is 1. The van der Waals surface area contributed by atoms with E-state index in [0.29, 0.717) is 30.7 Å². The van der Waals surface area contributed by atoms with Gasteiger partial charge in [-0.2, -0.15) is 0 Å². The van der Waals surface area contributed by atoms with Gasteiger partial charge in [0.1, 0.15) is 18.0 Å². The quantitative estimate of drug-likeness (QED) is 0.529. The number of aromatic nitrogens is 2. The highest BCUT2D eigenvalue weighted by Gasteiger charge is 2.29. The van der Waals surface area contributed by atoms with E-state index < -0.39 is 0 Å². The van der Waals surface area contributed by atoms with Crippen molar-refractivity contribution in [1.29, 1.82) is 0 Å². The molecular formula is C22H20FN5OS. The van der Waals surface area contributed by atoms with E-state index in [1.807, 2.05) is 35.2 Å². The van der Waals surface area contributed by atoms with Crippen LogP contribution in [-0.2, 0) is 17.8 Å². The van der Waals surface area contributed by atoms with Gasteiger partial charge in [0.2, 0.25) is 5.91 Å². The predicted octanol–water partition coefficient (Wildman–Crippen LogP) is 3.11. The van der Waals surface area contributed by atoms with Crippen molar-refractivity contribution in [2.45, 2.75) is 19.0 Å². The summed E-state index contributed by atoms with van der Waals surface area (Å²) in [7, 11) is 0. The maximum Gasteiger partial charge on any atom is 0.240 e. The number of benzene rings is 2. The molecule has 0 bridgehead atoms. The Morgan fingerprint density at radius 2 is 2.10 bits per heavy atom. The van der Waals surface area contributed by atoms with Crippen molar-refractivity contribution in [2.75, 3.05) is 18.8 Å². The molecule has 8 heteroatoms. The number of rotatable bonds is 4. The lowest BCUT2D eigenvalue weighted by molar-refractivity contribution is -0.136. The Balaban J connectivity index is 1.33.